The molecule has 0 radical (unpaired) electrons. The molecule has 0 aromatic heterocycles. The zero-order chi connectivity index (χ0) is 15.2. The van der Waals surface area contributed by atoms with E-state index in [0.29, 0.717) is 5.56 Å². The minimum absolute atomic E-state index is 0.118. The van der Waals surface area contributed by atoms with Gasteiger partial charge in [0.2, 0.25) is 0 Å². The SMILES string of the molecule is CCC(CC)CS(=O)(=O)c1cccc(C(=O)CCN)c1. The van der Waals surface area contributed by atoms with Crippen molar-refractivity contribution in [3.63, 3.8) is 0 Å². The van der Waals surface area contributed by atoms with E-state index in [2.05, 4.69) is 0 Å². The molecule has 0 amide bonds. The van der Waals surface area contributed by atoms with Crippen LogP contribution in [-0.4, -0.2) is 26.5 Å². The lowest BCUT2D eigenvalue weighted by atomic mass is 10.1. The van der Waals surface area contributed by atoms with E-state index in [1.165, 1.54) is 6.07 Å². The largest absolute Gasteiger partial charge is 0.330 e. The summed E-state index contributed by atoms with van der Waals surface area (Å²) in [5, 5.41) is 0. The summed E-state index contributed by atoms with van der Waals surface area (Å²) in [5.74, 6) is 0.171. The predicted octanol–water partition coefficient (Wildman–Crippen LogP) is 2.43. The van der Waals surface area contributed by atoms with Gasteiger partial charge in [0.1, 0.15) is 0 Å². The highest BCUT2D eigenvalue weighted by Gasteiger charge is 2.20. The Morgan fingerprint density at radius 3 is 2.45 bits per heavy atom. The summed E-state index contributed by atoms with van der Waals surface area (Å²) < 4.78 is 24.7. The second-order valence-corrected chi connectivity index (χ2v) is 6.99. The standard InChI is InChI=1S/C15H23NO3S/c1-3-12(4-2)11-20(18,19)14-7-5-6-13(10-14)15(17)8-9-16/h5-7,10,12H,3-4,8-9,11,16H2,1-2H3. The number of carbonyl (C=O) groups is 1. The van der Waals surface area contributed by atoms with Crippen LogP contribution in [0, 0.1) is 5.92 Å². The first-order valence-corrected chi connectivity index (χ1v) is 8.65. The summed E-state index contributed by atoms with van der Waals surface area (Å²) in [5.41, 5.74) is 5.77. The fourth-order valence-corrected chi connectivity index (χ4v) is 3.95. The average Bonchev–Trinajstić information content (AvgIpc) is 2.45. The zero-order valence-electron chi connectivity index (χ0n) is 12.1. The number of benzene rings is 1. The zero-order valence-corrected chi connectivity index (χ0v) is 12.9. The van der Waals surface area contributed by atoms with Gasteiger partial charge in [0, 0.05) is 12.0 Å². The third kappa shape index (κ3) is 4.42. The molecule has 0 bridgehead atoms. The van der Waals surface area contributed by atoms with E-state index in [-0.39, 0.29) is 35.3 Å². The van der Waals surface area contributed by atoms with Crippen molar-refractivity contribution < 1.29 is 13.2 Å². The van der Waals surface area contributed by atoms with Crippen molar-refractivity contribution in [2.24, 2.45) is 11.7 Å². The summed E-state index contributed by atoms with van der Waals surface area (Å²) in [6.45, 7) is 4.25. The van der Waals surface area contributed by atoms with E-state index in [1.54, 1.807) is 18.2 Å². The molecule has 1 aromatic rings. The van der Waals surface area contributed by atoms with Crippen LogP contribution in [0.3, 0.4) is 0 Å². The molecule has 0 fully saturated rings. The lowest BCUT2D eigenvalue weighted by Gasteiger charge is -2.13. The van der Waals surface area contributed by atoms with E-state index in [9.17, 15) is 13.2 Å². The van der Waals surface area contributed by atoms with Crippen molar-refractivity contribution in [1.82, 2.24) is 0 Å². The van der Waals surface area contributed by atoms with Crippen LogP contribution in [0.2, 0.25) is 0 Å². The van der Waals surface area contributed by atoms with Crippen LogP contribution in [-0.2, 0) is 9.84 Å². The van der Waals surface area contributed by atoms with Crippen LogP contribution >= 0.6 is 0 Å². The Morgan fingerprint density at radius 2 is 1.90 bits per heavy atom. The molecule has 0 aliphatic carbocycles. The first-order chi connectivity index (χ1) is 9.44. The monoisotopic (exact) mass is 297 g/mol. The molecule has 0 saturated carbocycles. The van der Waals surface area contributed by atoms with Gasteiger partial charge in [-0.15, -0.1) is 0 Å². The van der Waals surface area contributed by atoms with Gasteiger partial charge >= 0.3 is 0 Å². The smallest absolute Gasteiger partial charge is 0.178 e. The van der Waals surface area contributed by atoms with Gasteiger partial charge in [-0.25, -0.2) is 8.42 Å². The molecule has 20 heavy (non-hydrogen) atoms. The number of hydrogen-bond acceptors (Lipinski definition) is 4. The highest BCUT2D eigenvalue weighted by Crippen LogP contribution is 2.19. The van der Waals surface area contributed by atoms with Crippen molar-refractivity contribution >= 4 is 15.6 Å². The second-order valence-electron chi connectivity index (χ2n) is 4.95. The number of hydrogen-bond donors (Lipinski definition) is 1. The Bertz CT molecular complexity index is 548. The Labute approximate surface area is 121 Å². The van der Waals surface area contributed by atoms with Gasteiger partial charge in [0.05, 0.1) is 10.6 Å². The van der Waals surface area contributed by atoms with Gasteiger partial charge in [-0.05, 0) is 24.6 Å². The molecule has 2 N–H and O–H groups in total. The van der Waals surface area contributed by atoms with Gasteiger partial charge in [0.15, 0.2) is 15.6 Å². The maximum Gasteiger partial charge on any atom is 0.178 e. The average molecular weight is 297 g/mol. The molecule has 112 valence electrons. The molecule has 1 rings (SSSR count). The molecule has 0 heterocycles. The Hall–Kier alpha value is -1.20. The summed E-state index contributed by atoms with van der Waals surface area (Å²) in [6.07, 6.45) is 1.90. The molecule has 0 aliphatic heterocycles. The third-order valence-corrected chi connectivity index (χ3v) is 5.38. The van der Waals surface area contributed by atoms with E-state index in [4.69, 9.17) is 5.73 Å². The Balaban J connectivity index is 3.01. The van der Waals surface area contributed by atoms with Crippen molar-refractivity contribution in [3.8, 4) is 0 Å². The predicted molar refractivity (Wildman–Crippen MR) is 80.6 cm³/mol. The van der Waals surface area contributed by atoms with Crippen LogP contribution in [0.15, 0.2) is 29.2 Å². The lowest BCUT2D eigenvalue weighted by Crippen LogP contribution is -2.16. The van der Waals surface area contributed by atoms with Crippen molar-refractivity contribution in [2.75, 3.05) is 12.3 Å². The summed E-state index contributed by atoms with van der Waals surface area (Å²) in [4.78, 5) is 12.0. The molecule has 5 heteroatoms. The maximum atomic E-state index is 12.4. The molecule has 0 aliphatic rings. The Morgan fingerprint density at radius 1 is 1.25 bits per heavy atom. The minimum atomic E-state index is -3.34. The topological polar surface area (TPSA) is 77.2 Å². The van der Waals surface area contributed by atoms with Crippen LogP contribution < -0.4 is 5.73 Å². The molecule has 0 atom stereocenters. The maximum absolute atomic E-state index is 12.4. The van der Waals surface area contributed by atoms with Crippen molar-refractivity contribution in [1.29, 1.82) is 0 Å². The highest BCUT2D eigenvalue weighted by molar-refractivity contribution is 7.91. The molecule has 4 nitrogen and oxygen atoms in total. The molecule has 0 spiro atoms. The van der Waals surface area contributed by atoms with Crippen LogP contribution in [0.5, 0.6) is 0 Å². The fourth-order valence-electron chi connectivity index (χ4n) is 2.07. The molecular weight excluding hydrogens is 274 g/mol. The van der Waals surface area contributed by atoms with Gasteiger partial charge in [-0.3, -0.25) is 4.79 Å². The molecular formula is C15H23NO3S. The first kappa shape index (κ1) is 16.9. The van der Waals surface area contributed by atoms with Gasteiger partial charge in [-0.2, -0.15) is 0 Å². The highest BCUT2D eigenvalue weighted by atomic mass is 32.2. The van der Waals surface area contributed by atoms with Crippen LogP contribution in [0.25, 0.3) is 0 Å². The normalized spacial score (nSPS) is 11.8. The molecule has 1 aromatic carbocycles. The first-order valence-electron chi connectivity index (χ1n) is 7.00. The van der Waals surface area contributed by atoms with Crippen LogP contribution in [0.1, 0.15) is 43.5 Å². The number of carbonyl (C=O) groups excluding carboxylic acids is 1. The third-order valence-electron chi connectivity index (χ3n) is 3.50. The summed E-state index contributed by atoms with van der Waals surface area (Å²) in [7, 11) is -3.34. The van der Waals surface area contributed by atoms with Crippen molar-refractivity contribution in [2.45, 2.75) is 38.0 Å². The summed E-state index contributed by atoms with van der Waals surface area (Å²) >= 11 is 0. The summed E-state index contributed by atoms with van der Waals surface area (Å²) in [6, 6.07) is 6.27. The molecule has 0 unspecified atom stereocenters. The number of nitrogens with two attached hydrogens (primary N) is 1. The fraction of sp³-hybridized carbons (Fsp3) is 0.533. The number of rotatable bonds is 8. The van der Waals surface area contributed by atoms with Gasteiger partial charge in [-0.1, -0.05) is 38.8 Å². The lowest BCUT2D eigenvalue weighted by molar-refractivity contribution is 0.0985. The van der Waals surface area contributed by atoms with E-state index < -0.39 is 9.84 Å². The van der Waals surface area contributed by atoms with E-state index in [0.717, 1.165) is 12.8 Å². The van der Waals surface area contributed by atoms with E-state index >= 15 is 0 Å². The Kier molecular flexibility index (Phi) is 6.36. The number of sulfone groups is 1. The van der Waals surface area contributed by atoms with E-state index in [1.807, 2.05) is 13.8 Å². The van der Waals surface area contributed by atoms with Crippen molar-refractivity contribution in [3.05, 3.63) is 29.8 Å². The van der Waals surface area contributed by atoms with Crippen LogP contribution in [0.4, 0.5) is 0 Å². The van der Waals surface area contributed by atoms with Gasteiger partial charge < -0.3 is 5.73 Å². The quantitative estimate of drug-likeness (QED) is 0.748. The second kappa shape index (κ2) is 7.55. The number of ketones is 1. The molecule has 0 saturated heterocycles. The minimum Gasteiger partial charge on any atom is -0.330 e. The number of Topliss-reactive ketones (excluding diaryl/α,β-unsaturated/α-hetero) is 1. The van der Waals surface area contributed by atoms with Gasteiger partial charge in [0.25, 0.3) is 0 Å².